The van der Waals surface area contributed by atoms with Gasteiger partial charge in [0.25, 0.3) is 0 Å². The Bertz CT molecular complexity index is 651. The molecule has 0 amide bonds. The highest BCUT2D eigenvalue weighted by Crippen LogP contribution is 2.34. The highest BCUT2D eigenvalue weighted by molar-refractivity contribution is 5.97. The first-order valence-corrected chi connectivity index (χ1v) is 7.88. The number of carbonyl (C=O) groups is 2. The van der Waals surface area contributed by atoms with Crippen LogP contribution >= 0.6 is 0 Å². The van der Waals surface area contributed by atoms with Gasteiger partial charge in [-0.2, -0.15) is 0 Å². The highest BCUT2D eigenvalue weighted by Gasteiger charge is 2.35. The van der Waals surface area contributed by atoms with Gasteiger partial charge >= 0.3 is 11.9 Å². The number of dihydropyridines is 1. The van der Waals surface area contributed by atoms with Crippen LogP contribution in [0, 0.1) is 5.92 Å². The average molecular weight is 329 g/mol. The average Bonchev–Trinajstić information content (AvgIpc) is 2.59. The molecule has 0 saturated carbocycles. The molecule has 0 saturated heterocycles. The van der Waals surface area contributed by atoms with Gasteiger partial charge in [0.1, 0.15) is 0 Å². The number of esters is 2. The van der Waals surface area contributed by atoms with Crippen LogP contribution in [0.3, 0.4) is 0 Å². The molecule has 5 nitrogen and oxygen atoms in total. The van der Waals surface area contributed by atoms with Gasteiger partial charge in [0, 0.05) is 17.3 Å². The predicted octanol–water partition coefficient (Wildman–Crippen LogP) is 2.73. The van der Waals surface area contributed by atoms with E-state index in [4.69, 9.17) is 9.47 Å². The summed E-state index contributed by atoms with van der Waals surface area (Å²) in [7, 11) is 2.69. The van der Waals surface area contributed by atoms with Crippen LogP contribution in [0.4, 0.5) is 0 Å². The summed E-state index contributed by atoms with van der Waals surface area (Å²) in [5.74, 6) is -1.20. The molecule has 0 aromatic heterocycles. The van der Waals surface area contributed by atoms with Crippen molar-refractivity contribution in [1.82, 2.24) is 5.32 Å². The van der Waals surface area contributed by atoms with Crippen molar-refractivity contribution in [2.24, 2.45) is 5.92 Å². The fourth-order valence-electron chi connectivity index (χ4n) is 3.14. The zero-order valence-electron chi connectivity index (χ0n) is 14.5. The van der Waals surface area contributed by atoms with Gasteiger partial charge < -0.3 is 14.8 Å². The number of ether oxygens (including phenoxy) is 2. The zero-order chi connectivity index (χ0) is 17.7. The molecule has 0 radical (unpaired) electrons. The summed E-state index contributed by atoms with van der Waals surface area (Å²) in [6, 6.07) is 9.97. The summed E-state index contributed by atoms with van der Waals surface area (Å²) in [4.78, 5) is 24.5. The molecule has 1 aromatic rings. The third-order valence-electron chi connectivity index (χ3n) is 4.26. The normalized spacial score (nSPS) is 15.2. The molecule has 24 heavy (non-hydrogen) atoms. The van der Waals surface area contributed by atoms with Gasteiger partial charge in [0.2, 0.25) is 0 Å². The Morgan fingerprint density at radius 3 is 1.92 bits per heavy atom. The second-order valence-corrected chi connectivity index (χ2v) is 5.76. The largest absolute Gasteiger partial charge is 0.466 e. The maximum absolute atomic E-state index is 12.3. The zero-order valence-corrected chi connectivity index (χ0v) is 14.5. The van der Waals surface area contributed by atoms with Crippen molar-refractivity contribution in [3.8, 4) is 0 Å². The lowest BCUT2D eigenvalue weighted by Crippen LogP contribution is -2.33. The molecule has 0 fully saturated rings. The van der Waals surface area contributed by atoms with E-state index in [1.807, 2.05) is 44.2 Å². The molecule has 1 aliphatic heterocycles. The van der Waals surface area contributed by atoms with Crippen LogP contribution in [-0.4, -0.2) is 26.2 Å². The van der Waals surface area contributed by atoms with E-state index in [9.17, 15) is 9.59 Å². The van der Waals surface area contributed by atoms with Gasteiger partial charge in [-0.3, -0.25) is 0 Å². The van der Waals surface area contributed by atoms with Gasteiger partial charge in [-0.05, 0) is 32.3 Å². The number of allylic oxidation sites excluding steroid dienone is 2. The molecule has 0 aliphatic carbocycles. The quantitative estimate of drug-likeness (QED) is 0.842. The van der Waals surface area contributed by atoms with Crippen molar-refractivity contribution in [3.63, 3.8) is 0 Å². The maximum Gasteiger partial charge on any atom is 0.336 e. The van der Waals surface area contributed by atoms with E-state index in [1.54, 1.807) is 0 Å². The van der Waals surface area contributed by atoms with Crippen molar-refractivity contribution in [2.45, 2.75) is 26.7 Å². The second kappa shape index (κ2) is 7.81. The molecular formula is C19H23NO4. The fourth-order valence-corrected chi connectivity index (χ4v) is 3.14. The van der Waals surface area contributed by atoms with Gasteiger partial charge in [0.15, 0.2) is 0 Å². The van der Waals surface area contributed by atoms with E-state index in [2.05, 4.69) is 5.32 Å². The molecule has 1 heterocycles. The lowest BCUT2D eigenvalue weighted by Gasteiger charge is -2.29. The number of methoxy groups -OCH3 is 2. The minimum absolute atomic E-state index is 0.355. The Hall–Kier alpha value is -2.56. The fraction of sp³-hybridized carbons (Fsp3) is 0.368. The van der Waals surface area contributed by atoms with Gasteiger partial charge in [0.05, 0.1) is 25.4 Å². The first kappa shape index (κ1) is 17.8. The Balaban J connectivity index is 2.37. The van der Waals surface area contributed by atoms with Crippen molar-refractivity contribution in [1.29, 1.82) is 0 Å². The lowest BCUT2D eigenvalue weighted by molar-refractivity contribution is -0.137. The Morgan fingerprint density at radius 2 is 1.46 bits per heavy atom. The molecule has 0 atom stereocenters. The van der Waals surface area contributed by atoms with Crippen molar-refractivity contribution >= 4 is 11.9 Å². The van der Waals surface area contributed by atoms with Crippen LogP contribution in [0.5, 0.6) is 0 Å². The number of hydrogen-bond donors (Lipinski definition) is 1. The number of nitrogens with one attached hydrogen (secondary N) is 1. The van der Waals surface area contributed by atoms with E-state index in [0.29, 0.717) is 29.0 Å². The molecule has 0 unspecified atom stereocenters. The maximum atomic E-state index is 12.3. The summed E-state index contributed by atoms with van der Waals surface area (Å²) in [6.45, 7) is 3.64. The van der Waals surface area contributed by atoms with Crippen molar-refractivity contribution in [2.75, 3.05) is 14.2 Å². The van der Waals surface area contributed by atoms with E-state index < -0.39 is 11.9 Å². The minimum atomic E-state index is -0.424. The predicted molar refractivity (Wildman–Crippen MR) is 90.8 cm³/mol. The van der Waals surface area contributed by atoms with Gasteiger partial charge in [-0.1, -0.05) is 30.3 Å². The molecule has 1 aliphatic rings. The van der Waals surface area contributed by atoms with E-state index >= 15 is 0 Å². The second-order valence-electron chi connectivity index (χ2n) is 5.76. The Labute approximate surface area is 142 Å². The molecule has 128 valence electrons. The molecule has 5 heteroatoms. The van der Waals surface area contributed by atoms with E-state index in [-0.39, 0.29) is 5.92 Å². The summed E-state index contributed by atoms with van der Waals surface area (Å²) in [5, 5.41) is 3.10. The molecule has 0 spiro atoms. The van der Waals surface area contributed by atoms with Crippen molar-refractivity contribution < 1.29 is 19.1 Å². The van der Waals surface area contributed by atoms with Crippen molar-refractivity contribution in [3.05, 3.63) is 58.4 Å². The lowest BCUT2D eigenvalue weighted by atomic mass is 9.81. The summed E-state index contributed by atoms with van der Waals surface area (Å²) in [6.07, 6.45) is 1.36. The number of benzene rings is 1. The van der Waals surface area contributed by atoms with E-state index in [1.165, 1.54) is 14.2 Å². The summed E-state index contributed by atoms with van der Waals surface area (Å²) >= 11 is 0. The molecule has 1 aromatic carbocycles. The van der Waals surface area contributed by atoms with Crippen LogP contribution < -0.4 is 5.32 Å². The number of aryl methyl sites for hydroxylation is 1. The van der Waals surface area contributed by atoms with E-state index in [0.717, 1.165) is 12.0 Å². The minimum Gasteiger partial charge on any atom is -0.466 e. The van der Waals surface area contributed by atoms with Crippen LogP contribution in [-0.2, 0) is 25.5 Å². The molecular weight excluding hydrogens is 306 g/mol. The van der Waals surface area contributed by atoms with Crippen LogP contribution in [0.15, 0.2) is 52.9 Å². The topological polar surface area (TPSA) is 64.6 Å². The molecule has 2 rings (SSSR count). The third-order valence-corrected chi connectivity index (χ3v) is 4.26. The van der Waals surface area contributed by atoms with Gasteiger partial charge in [-0.25, -0.2) is 9.59 Å². The first-order valence-electron chi connectivity index (χ1n) is 7.88. The smallest absolute Gasteiger partial charge is 0.336 e. The number of carbonyl (C=O) groups excluding carboxylic acids is 2. The Morgan fingerprint density at radius 1 is 0.958 bits per heavy atom. The number of hydrogen-bond acceptors (Lipinski definition) is 5. The summed E-state index contributed by atoms with van der Waals surface area (Å²) in [5.41, 5.74) is 3.55. The third kappa shape index (κ3) is 3.67. The summed E-state index contributed by atoms with van der Waals surface area (Å²) < 4.78 is 9.86. The SMILES string of the molecule is COC(=O)C1=C(C)NC(C)=C(C(=O)OC)C1CCc1ccccc1. The van der Waals surface area contributed by atoms with Crippen LogP contribution in [0.1, 0.15) is 25.8 Å². The van der Waals surface area contributed by atoms with Crippen LogP contribution in [0.2, 0.25) is 0 Å². The van der Waals surface area contributed by atoms with Crippen LogP contribution in [0.25, 0.3) is 0 Å². The monoisotopic (exact) mass is 329 g/mol. The first-order chi connectivity index (χ1) is 11.5. The molecule has 1 N–H and O–H groups in total. The van der Waals surface area contributed by atoms with Gasteiger partial charge in [-0.15, -0.1) is 0 Å². The number of rotatable bonds is 5. The highest BCUT2D eigenvalue weighted by atomic mass is 16.5. The standard InChI is InChI=1S/C19H23NO4/c1-12-16(18(21)23-3)15(11-10-14-8-6-5-7-9-14)17(13(2)20-12)19(22)24-4/h5-9,15,20H,10-11H2,1-4H3. The molecule has 0 bridgehead atoms. The Kier molecular flexibility index (Phi) is 5.79.